The molecule has 1 aromatic rings. The summed E-state index contributed by atoms with van der Waals surface area (Å²) in [6, 6.07) is 3.13. The van der Waals surface area contributed by atoms with Gasteiger partial charge in [0.1, 0.15) is 17.7 Å². The van der Waals surface area contributed by atoms with Crippen LogP contribution in [-0.4, -0.2) is 67.0 Å². The van der Waals surface area contributed by atoms with Crippen molar-refractivity contribution in [3.8, 4) is 11.5 Å². The number of carbonyl (C=O) groups is 4. The zero-order chi connectivity index (χ0) is 27.3. The lowest BCUT2D eigenvalue weighted by Gasteiger charge is -2.24. The zero-order valence-electron chi connectivity index (χ0n) is 21.5. The number of carboxylic acids is 1. The third-order valence-electron chi connectivity index (χ3n) is 4.82. The van der Waals surface area contributed by atoms with E-state index in [2.05, 4.69) is 5.32 Å². The molecule has 2 N–H and O–H groups in total. The average Bonchev–Trinajstić information content (AvgIpc) is 2.77. The smallest absolute Gasteiger partial charge is 0.480 e. The van der Waals surface area contributed by atoms with E-state index in [-0.39, 0.29) is 37.7 Å². The van der Waals surface area contributed by atoms with Crippen LogP contribution in [0.4, 0.5) is 14.4 Å². The molecule has 0 saturated heterocycles. The maximum absolute atomic E-state index is 11.9. The number of rotatable bonds is 13. The summed E-state index contributed by atoms with van der Waals surface area (Å²) in [5, 5.41) is 12.5. The molecule has 0 aliphatic rings. The Balaban J connectivity index is 2.90. The molecule has 1 aromatic carbocycles. The van der Waals surface area contributed by atoms with Gasteiger partial charge in [0.15, 0.2) is 11.5 Å². The van der Waals surface area contributed by atoms with Crippen molar-refractivity contribution in [3.05, 3.63) is 23.8 Å². The van der Waals surface area contributed by atoms with Crippen LogP contribution in [0.1, 0.15) is 53.5 Å². The summed E-state index contributed by atoms with van der Waals surface area (Å²) in [6.07, 6.45) is -2.98. The topological polar surface area (TPSA) is 156 Å². The highest BCUT2D eigenvalue weighted by atomic mass is 16.7. The van der Waals surface area contributed by atoms with Crippen molar-refractivity contribution < 1.29 is 52.7 Å². The van der Waals surface area contributed by atoms with E-state index in [1.807, 2.05) is 6.92 Å². The highest BCUT2D eigenvalue weighted by molar-refractivity contribution is 5.74. The Morgan fingerprint density at radius 2 is 1.53 bits per heavy atom. The molecule has 0 saturated carbocycles. The molecule has 0 amide bonds. The number of nitrogens with one attached hydrogen (secondary N) is 1. The first-order chi connectivity index (χ1) is 16.9. The minimum Gasteiger partial charge on any atom is -0.480 e. The van der Waals surface area contributed by atoms with Crippen LogP contribution in [0.15, 0.2) is 18.2 Å². The molecule has 1 unspecified atom stereocenters. The number of hydrogen-bond acceptors (Lipinski definition) is 11. The van der Waals surface area contributed by atoms with Gasteiger partial charge in [-0.25, -0.2) is 14.4 Å². The number of benzene rings is 1. The number of carbonyl (C=O) groups excluding carboxylic acids is 3. The number of hydrogen-bond donors (Lipinski definition) is 2. The predicted octanol–water partition coefficient (Wildman–Crippen LogP) is 4.07. The van der Waals surface area contributed by atoms with E-state index in [4.69, 9.17) is 28.4 Å². The maximum Gasteiger partial charge on any atom is 0.513 e. The molecule has 36 heavy (non-hydrogen) atoms. The second-order valence-electron chi connectivity index (χ2n) is 8.25. The van der Waals surface area contributed by atoms with Gasteiger partial charge in [-0.3, -0.25) is 4.79 Å². The van der Waals surface area contributed by atoms with Crippen molar-refractivity contribution in [2.75, 3.05) is 19.8 Å². The molecule has 0 radical (unpaired) electrons. The number of carboxylic acid groups (broad SMARTS) is 1. The van der Waals surface area contributed by atoms with Gasteiger partial charge in [0.05, 0.1) is 13.2 Å². The zero-order valence-corrected chi connectivity index (χ0v) is 21.5. The second kappa shape index (κ2) is 14.8. The molecule has 0 aliphatic heterocycles. The van der Waals surface area contributed by atoms with Gasteiger partial charge < -0.3 is 38.8 Å². The Bertz CT molecular complexity index is 900. The van der Waals surface area contributed by atoms with Gasteiger partial charge in [0.2, 0.25) is 0 Å². The molecular weight excluding hydrogens is 478 g/mol. The van der Waals surface area contributed by atoms with Gasteiger partial charge in [0, 0.05) is 6.54 Å². The van der Waals surface area contributed by atoms with E-state index in [9.17, 15) is 24.3 Å². The van der Waals surface area contributed by atoms with E-state index in [0.717, 1.165) is 0 Å². The lowest BCUT2D eigenvalue weighted by atomic mass is 10.0. The fourth-order valence-electron chi connectivity index (χ4n) is 2.64. The first-order valence-corrected chi connectivity index (χ1v) is 11.6. The Hall–Kier alpha value is -3.54. The Labute approximate surface area is 210 Å². The molecule has 12 nitrogen and oxygen atoms in total. The van der Waals surface area contributed by atoms with Crippen LogP contribution in [0, 0.1) is 0 Å². The van der Waals surface area contributed by atoms with Crippen LogP contribution in [0.25, 0.3) is 0 Å². The SMILES string of the molecule is CCOC(=O)Oc1ccc(C[C@H](NCC(C)OC(=O)OC(C)(C)CC)C(=O)O)cc1OC(=O)OCC. The molecule has 0 spiro atoms. The molecule has 0 heterocycles. The monoisotopic (exact) mass is 513 g/mol. The van der Waals surface area contributed by atoms with Crippen LogP contribution in [0.3, 0.4) is 0 Å². The maximum atomic E-state index is 11.9. The van der Waals surface area contributed by atoms with Crippen LogP contribution >= 0.6 is 0 Å². The van der Waals surface area contributed by atoms with E-state index in [1.54, 1.807) is 34.6 Å². The summed E-state index contributed by atoms with van der Waals surface area (Å²) in [6.45, 7) is 10.3. The van der Waals surface area contributed by atoms with Gasteiger partial charge in [-0.15, -0.1) is 0 Å². The molecule has 12 heteroatoms. The van der Waals surface area contributed by atoms with Crippen LogP contribution in [0.5, 0.6) is 11.5 Å². The van der Waals surface area contributed by atoms with Crippen molar-refractivity contribution in [2.24, 2.45) is 0 Å². The molecular formula is C24H35NO11. The third-order valence-corrected chi connectivity index (χ3v) is 4.82. The lowest BCUT2D eigenvalue weighted by molar-refractivity contribution is -0.139. The van der Waals surface area contributed by atoms with E-state index >= 15 is 0 Å². The summed E-state index contributed by atoms with van der Waals surface area (Å²) in [5.74, 6) is -1.42. The molecule has 202 valence electrons. The van der Waals surface area contributed by atoms with E-state index in [0.29, 0.717) is 12.0 Å². The fourth-order valence-corrected chi connectivity index (χ4v) is 2.64. The predicted molar refractivity (Wildman–Crippen MR) is 126 cm³/mol. The van der Waals surface area contributed by atoms with E-state index in [1.165, 1.54) is 18.2 Å². The molecule has 2 atom stereocenters. The van der Waals surface area contributed by atoms with Crippen LogP contribution in [-0.2, 0) is 30.2 Å². The molecule has 0 bridgehead atoms. The van der Waals surface area contributed by atoms with Crippen molar-refractivity contribution >= 4 is 24.4 Å². The van der Waals surface area contributed by atoms with Crippen molar-refractivity contribution in [2.45, 2.75) is 72.1 Å². The average molecular weight is 514 g/mol. The van der Waals surface area contributed by atoms with E-state index < -0.39 is 42.2 Å². The van der Waals surface area contributed by atoms with Crippen LogP contribution < -0.4 is 14.8 Å². The number of aliphatic carboxylic acids is 1. The first kappa shape index (κ1) is 30.5. The van der Waals surface area contributed by atoms with Gasteiger partial charge in [-0.2, -0.15) is 0 Å². The summed E-state index contributed by atoms with van der Waals surface area (Å²) in [5.41, 5.74) is -0.233. The summed E-state index contributed by atoms with van der Waals surface area (Å²) >= 11 is 0. The van der Waals surface area contributed by atoms with Gasteiger partial charge in [-0.1, -0.05) is 13.0 Å². The van der Waals surface area contributed by atoms with Crippen molar-refractivity contribution in [3.63, 3.8) is 0 Å². The molecule has 1 rings (SSSR count). The lowest BCUT2D eigenvalue weighted by Crippen LogP contribution is -2.43. The minimum atomic E-state index is -1.16. The van der Waals surface area contributed by atoms with Crippen molar-refractivity contribution in [1.82, 2.24) is 5.32 Å². The Kier molecular flexibility index (Phi) is 12.5. The van der Waals surface area contributed by atoms with Gasteiger partial charge in [0.25, 0.3) is 0 Å². The molecule has 0 aromatic heterocycles. The first-order valence-electron chi connectivity index (χ1n) is 11.6. The summed E-state index contributed by atoms with van der Waals surface area (Å²) in [7, 11) is 0. The Morgan fingerprint density at radius 3 is 2.06 bits per heavy atom. The van der Waals surface area contributed by atoms with Gasteiger partial charge >= 0.3 is 24.4 Å². The molecule has 0 aliphatic carbocycles. The largest absolute Gasteiger partial charge is 0.513 e. The number of ether oxygens (including phenoxy) is 6. The van der Waals surface area contributed by atoms with Crippen molar-refractivity contribution in [1.29, 1.82) is 0 Å². The minimum absolute atomic E-state index is 0.0335. The van der Waals surface area contributed by atoms with Gasteiger partial charge in [-0.05, 0) is 65.2 Å². The third kappa shape index (κ3) is 11.3. The second-order valence-corrected chi connectivity index (χ2v) is 8.25. The fraction of sp³-hybridized carbons (Fsp3) is 0.583. The quantitative estimate of drug-likeness (QED) is 0.222. The normalized spacial score (nSPS) is 12.6. The summed E-state index contributed by atoms with van der Waals surface area (Å²) < 4.78 is 30.0. The summed E-state index contributed by atoms with van der Waals surface area (Å²) in [4.78, 5) is 47.3. The Morgan fingerprint density at radius 1 is 0.944 bits per heavy atom. The standard InChI is InChI=1S/C24H35NO11/c1-7-24(5,6)36-23(30)33-15(4)14-25-17(20(26)27)12-16-10-11-18(34-21(28)31-8-2)19(13-16)35-22(29)32-9-3/h10-11,13,15,17,25H,7-9,12,14H2,1-6H3,(H,26,27)/t15?,17-/m0/s1. The van der Waals surface area contributed by atoms with Crippen LogP contribution in [0.2, 0.25) is 0 Å². The highest BCUT2D eigenvalue weighted by Crippen LogP contribution is 2.30. The molecule has 0 fully saturated rings. The highest BCUT2D eigenvalue weighted by Gasteiger charge is 2.25.